The molecule has 134 valence electrons. The van der Waals surface area contributed by atoms with Crippen molar-refractivity contribution in [2.24, 2.45) is 0 Å². The number of hydrogen-bond acceptors (Lipinski definition) is 7. The van der Waals surface area contributed by atoms with Crippen molar-refractivity contribution >= 4 is 31.9 Å². The molecule has 1 aromatic heterocycles. The van der Waals surface area contributed by atoms with Crippen molar-refractivity contribution in [3.05, 3.63) is 22.7 Å². The summed E-state index contributed by atoms with van der Waals surface area (Å²) < 4.78 is 31.9. The van der Waals surface area contributed by atoms with Gasteiger partial charge in [-0.3, -0.25) is 9.78 Å². The number of rotatable bonds is 4. The Morgan fingerprint density at radius 2 is 2.12 bits per heavy atom. The number of aromatic nitrogens is 2. The predicted octanol–water partition coefficient (Wildman–Crippen LogP) is 0.857. The molecule has 8 nitrogen and oxygen atoms in total. The minimum Gasteiger partial charge on any atom is -0.459 e. The largest absolute Gasteiger partial charge is 0.459 e. The van der Waals surface area contributed by atoms with Gasteiger partial charge < -0.3 is 10.1 Å². The summed E-state index contributed by atoms with van der Waals surface area (Å²) in [6.45, 7) is 6.06. The van der Waals surface area contributed by atoms with Crippen molar-refractivity contribution in [2.75, 3.05) is 25.4 Å². The van der Waals surface area contributed by atoms with Crippen LogP contribution in [0.3, 0.4) is 0 Å². The zero-order valence-electron chi connectivity index (χ0n) is 13.8. The number of piperazine rings is 1. The monoisotopic (exact) mass is 420 g/mol. The van der Waals surface area contributed by atoms with Crippen LogP contribution in [0.2, 0.25) is 0 Å². The third-order valence-corrected chi connectivity index (χ3v) is 5.38. The summed E-state index contributed by atoms with van der Waals surface area (Å²) in [7, 11) is -3.74. The second-order valence-electron chi connectivity index (χ2n) is 6.47. The lowest BCUT2D eigenvalue weighted by molar-refractivity contribution is -0.151. The first kappa shape index (κ1) is 19.2. The van der Waals surface area contributed by atoms with Crippen LogP contribution in [0.5, 0.6) is 0 Å². The number of carbonyl (C=O) groups is 1. The van der Waals surface area contributed by atoms with E-state index in [4.69, 9.17) is 4.74 Å². The maximum atomic E-state index is 12.5. The van der Waals surface area contributed by atoms with E-state index in [0.29, 0.717) is 23.4 Å². The number of nitrogens with zero attached hydrogens (tertiary/aromatic N) is 3. The summed E-state index contributed by atoms with van der Waals surface area (Å²) in [5.41, 5.74) is -0.0682. The summed E-state index contributed by atoms with van der Waals surface area (Å²) >= 11 is 3.21. The molecule has 0 aromatic carbocycles. The predicted molar refractivity (Wildman–Crippen MR) is 91.7 cm³/mol. The summed E-state index contributed by atoms with van der Waals surface area (Å²) in [5.74, 6) is -1.41. The highest BCUT2D eigenvalue weighted by Crippen LogP contribution is 2.18. The SMILES string of the molecule is CC(C)(C)OC(=O)CS(=O)(=O)N1CCNC(c2cnc(Br)cn2)C1. The fourth-order valence-corrected chi connectivity index (χ4v) is 3.78. The van der Waals surface area contributed by atoms with Gasteiger partial charge in [0.2, 0.25) is 10.0 Å². The highest BCUT2D eigenvalue weighted by Gasteiger charge is 2.33. The first-order chi connectivity index (χ1) is 11.1. The topological polar surface area (TPSA) is 101 Å². The van der Waals surface area contributed by atoms with Gasteiger partial charge in [0.1, 0.15) is 10.2 Å². The Hall–Kier alpha value is -1.10. The van der Waals surface area contributed by atoms with Crippen LogP contribution in [-0.2, 0) is 19.6 Å². The molecule has 1 aliphatic rings. The van der Waals surface area contributed by atoms with Crippen LogP contribution in [-0.4, -0.2) is 59.6 Å². The van der Waals surface area contributed by atoms with Gasteiger partial charge in [0.15, 0.2) is 5.75 Å². The number of ether oxygens (including phenoxy) is 1. The summed E-state index contributed by atoms with van der Waals surface area (Å²) in [6.07, 6.45) is 3.15. The molecule has 2 rings (SSSR count). The molecule has 0 aliphatic carbocycles. The number of esters is 1. The lowest BCUT2D eigenvalue weighted by Crippen LogP contribution is -2.50. The lowest BCUT2D eigenvalue weighted by Gasteiger charge is -2.32. The van der Waals surface area contributed by atoms with Gasteiger partial charge in [-0.1, -0.05) is 0 Å². The van der Waals surface area contributed by atoms with E-state index in [1.54, 1.807) is 33.2 Å². The van der Waals surface area contributed by atoms with E-state index >= 15 is 0 Å². The van der Waals surface area contributed by atoms with E-state index < -0.39 is 27.3 Å². The maximum Gasteiger partial charge on any atom is 0.323 e. The third kappa shape index (κ3) is 5.47. The lowest BCUT2D eigenvalue weighted by atomic mass is 10.2. The van der Waals surface area contributed by atoms with Gasteiger partial charge in [-0.05, 0) is 36.7 Å². The van der Waals surface area contributed by atoms with Gasteiger partial charge in [0, 0.05) is 19.6 Å². The second-order valence-corrected chi connectivity index (χ2v) is 9.25. The first-order valence-corrected chi connectivity index (χ1v) is 9.87. The van der Waals surface area contributed by atoms with Crippen molar-refractivity contribution in [3.63, 3.8) is 0 Å². The maximum absolute atomic E-state index is 12.5. The van der Waals surface area contributed by atoms with Crippen LogP contribution in [0.1, 0.15) is 32.5 Å². The van der Waals surface area contributed by atoms with Crippen LogP contribution in [0.4, 0.5) is 0 Å². The summed E-state index contributed by atoms with van der Waals surface area (Å²) in [4.78, 5) is 20.2. The zero-order chi connectivity index (χ0) is 18.0. The number of halogens is 1. The number of nitrogens with one attached hydrogen (secondary N) is 1. The molecule has 1 aromatic rings. The van der Waals surface area contributed by atoms with Crippen molar-refractivity contribution in [2.45, 2.75) is 32.4 Å². The molecule has 1 N–H and O–H groups in total. The molecular formula is C14H21BrN4O4S. The van der Waals surface area contributed by atoms with Gasteiger partial charge in [0.25, 0.3) is 0 Å². The molecule has 1 fully saturated rings. The summed E-state index contributed by atoms with van der Waals surface area (Å²) in [5, 5.41) is 3.21. The van der Waals surface area contributed by atoms with Crippen LogP contribution >= 0.6 is 15.9 Å². The number of carbonyl (C=O) groups excluding carboxylic acids is 1. The minimum atomic E-state index is -3.74. The molecule has 0 amide bonds. The Morgan fingerprint density at radius 1 is 1.42 bits per heavy atom. The van der Waals surface area contributed by atoms with Crippen LogP contribution in [0, 0.1) is 0 Å². The summed E-state index contributed by atoms with van der Waals surface area (Å²) in [6, 6.07) is -0.271. The average Bonchev–Trinajstić information content (AvgIpc) is 2.45. The van der Waals surface area contributed by atoms with Crippen molar-refractivity contribution in [3.8, 4) is 0 Å². The van der Waals surface area contributed by atoms with Gasteiger partial charge in [-0.2, -0.15) is 4.31 Å². The molecule has 0 bridgehead atoms. The fraction of sp³-hybridized carbons (Fsp3) is 0.643. The van der Waals surface area contributed by atoms with E-state index in [1.807, 2.05) is 0 Å². The Kier molecular flexibility index (Phi) is 5.95. The van der Waals surface area contributed by atoms with E-state index in [1.165, 1.54) is 4.31 Å². The fourth-order valence-electron chi connectivity index (χ4n) is 2.29. The standard InChI is InChI=1S/C14H21BrN4O4S/c1-14(2,3)23-13(20)9-24(21,22)19-5-4-16-11(8-19)10-6-18-12(15)7-17-10/h6-7,11,16H,4-5,8-9H2,1-3H3. The Bertz CT molecular complexity index is 688. The van der Waals surface area contributed by atoms with Gasteiger partial charge in [-0.25, -0.2) is 13.4 Å². The molecule has 1 unspecified atom stereocenters. The molecule has 1 saturated heterocycles. The molecule has 0 radical (unpaired) electrons. The van der Waals surface area contributed by atoms with Crippen molar-refractivity contribution < 1.29 is 17.9 Å². The molecule has 1 atom stereocenters. The van der Waals surface area contributed by atoms with E-state index in [0.717, 1.165) is 0 Å². The van der Waals surface area contributed by atoms with Gasteiger partial charge >= 0.3 is 5.97 Å². The first-order valence-electron chi connectivity index (χ1n) is 7.47. The van der Waals surface area contributed by atoms with Crippen LogP contribution in [0.15, 0.2) is 17.0 Å². The van der Waals surface area contributed by atoms with Crippen LogP contribution in [0.25, 0.3) is 0 Å². The minimum absolute atomic E-state index is 0.196. The molecular weight excluding hydrogens is 400 g/mol. The molecule has 24 heavy (non-hydrogen) atoms. The molecule has 2 heterocycles. The zero-order valence-corrected chi connectivity index (χ0v) is 16.2. The van der Waals surface area contributed by atoms with E-state index in [9.17, 15) is 13.2 Å². The smallest absolute Gasteiger partial charge is 0.323 e. The highest BCUT2D eigenvalue weighted by atomic mass is 79.9. The van der Waals surface area contributed by atoms with Crippen molar-refractivity contribution in [1.82, 2.24) is 19.6 Å². The van der Waals surface area contributed by atoms with Crippen molar-refractivity contribution in [1.29, 1.82) is 0 Å². The molecule has 0 saturated carbocycles. The molecule has 10 heteroatoms. The van der Waals surface area contributed by atoms with E-state index in [-0.39, 0.29) is 12.6 Å². The number of sulfonamides is 1. The van der Waals surface area contributed by atoms with Crippen LogP contribution < -0.4 is 5.32 Å². The van der Waals surface area contributed by atoms with E-state index in [2.05, 4.69) is 31.2 Å². The molecule has 0 spiro atoms. The normalized spacial score (nSPS) is 19.9. The average molecular weight is 421 g/mol. The Balaban J connectivity index is 2.05. The van der Waals surface area contributed by atoms with Gasteiger partial charge in [0.05, 0.1) is 24.1 Å². The molecule has 1 aliphatic heterocycles. The van der Waals surface area contributed by atoms with Gasteiger partial charge in [-0.15, -0.1) is 0 Å². The highest BCUT2D eigenvalue weighted by molar-refractivity contribution is 9.10. The Morgan fingerprint density at radius 3 is 2.71 bits per heavy atom. The number of hydrogen-bond donors (Lipinski definition) is 1. The Labute approximate surface area is 150 Å². The second kappa shape index (κ2) is 7.42. The quantitative estimate of drug-likeness (QED) is 0.720. The third-order valence-electron chi connectivity index (χ3n) is 3.25.